The average Bonchev–Trinajstić information content (AvgIpc) is 3.90. The highest BCUT2D eigenvalue weighted by molar-refractivity contribution is 5.82. The third kappa shape index (κ3) is 6.43. The van der Waals surface area contributed by atoms with Crippen LogP contribution in [0.2, 0.25) is 0 Å². The van der Waals surface area contributed by atoms with Gasteiger partial charge in [0.15, 0.2) is 0 Å². The minimum Gasteiger partial charge on any atom is -0.383 e. The van der Waals surface area contributed by atoms with Crippen LogP contribution in [0.5, 0.6) is 0 Å². The molecule has 254 valence electrons. The van der Waals surface area contributed by atoms with Crippen molar-refractivity contribution >= 4 is 11.8 Å². The van der Waals surface area contributed by atoms with E-state index in [1.807, 2.05) is 53.9 Å². The van der Waals surface area contributed by atoms with Crippen molar-refractivity contribution in [2.75, 3.05) is 0 Å². The summed E-state index contributed by atoms with van der Waals surface area (Å²) in [5.74, 6) is 0.736. The van der Waals surface area contributed by atoms with Gasteiger partial charge in [0.2, 0.25) is 0 Å². The van der Waals surface area contributed by atoms with E-state index >= 15 is 0 Å². The Balaban J connectivity index is 1.13. The van der Waals surface area contributed by atoms with Crippen LogP contribution in [0.3, 0.4) is 0 Å². The first kappa shape index (κ1) is 33.6. The van der Waals surface area contributed by atoms with Crippen LogP contribution in [-0.4, -0.2) is 76.1 Å². The second-order valence-electron chi connectivity index (χ2n) is 14.2. The first-order valence-corrected chi connectivity index (χ1v) is 17.3. The fraction of sp³-hybridized carbons (Fsp3) is 0.474. The van der Waals surface area contributed by atoms with E-state index in [1.165, 1.54) is 0 Å². The van der Waals surface area contributed by atoms with Gasteiger partial charge >= 0.3 is 0 Å². The van der Waals surface area contributed by atoms with Gasteiger partial charge in [0.05, 0.1) is 23.5 Å². The molecule has 6 rings (SSSR count). The molecule has 0 bridgehead atoms. The smallest absolute Gasteiger partial charge is 0.252 e. The Morgan fingerprint density at radius 1 is 0.625 bits per heavy atom. The molecule has 2 aliphatic rings. The van der Waals surface area contributed by atoms with Gasteiger partial charge in [-0.25, -0.2) is 9.97 Å². The molecule has 4 aromatic rings. The summed E-state index contributed by atoms with van der Waals surface area (Å²) in [6.07, 6.45) is 5.08. The van der Waals surface area contributed by atoms with Crippen LogP contribution in [0, 0.1) is 11.8 Å². The van der Waals surface area contributed by atoms with E-state index in [1.54, 1.807) is 9.80 Å². The number of likely N-dealkylation sites (tertiary alicyclic amines) is 2. The highest BCUT2D eigenvalue weighted by atomic mass is 16.3. The number of amides is 2. The lowest BCUT2D eigenvalue weighted by molar-refractivity contribution is -0.146. The summed E-state index contributed by atoms with van der Waals surface area (Å²) in [5.41, 5.74) is 5.73. The average molecular weight is 653 g/mol. The molecule has 2 aliphatic heterocycles. The van der Waals surface area contributed by atoms with E-state index in [2.05, 4.69) is 58.5 Å². The van der Waals surface area contributed by atoms with E-state index in [0.29, 0.717) is 0 Å². The summed E-state index contributed by atoms with van der Waals surface area (Å²) in [7, 11) is 0. The lowest BCUT2D eigenvalue weighted by atomic mass is 10.0. The molecule has 4 N–H and O–H groups in total. The number of rotatable bonds is 9. The van der Waals surface area contributed by atoms with Crippen molar-refractivity contribution in [3.8, 4) is 33.6 Å². The van der Waals surface area contributed by atoms with Crippen molar-refractivity contribution in [1.29, 1.82) is 0 Å². The summed E-state index contributed by atoms with van der Waals surface area (Å²) in [4.78, 5) is 46.1. The lowest BCUT2D eigenvalue weighted by Gasteiger charge is -2.30. The third-order valence-corrected chi connectivity index (χ3v) is 10.1. The number of hydrogen-bond donors (Lipinski definition) is 4. The zero-order valence-corrected chi connectivity index (χ0v) is 28.7. The van der Waals surface area contributed by atoms with E-state index in [-0.39, 0.29) is 47.8 Å². The van der Waals surface area contributed by atoms with E-state index in [0.717, 1.165) is 71.0 Å². The van der Waals surface area contributed by atoms with Crippen LogP contribution in [-0.2, 0) is 9.59 Å². The SMILES string of the molecule is CC(C)[C@H](O)C(=O)N1[C@@H](C)CC[C@H]1c1nc(-c2ccc(-c3ccc(-c4c[nH]c([C@@H]5CC[C@H](C)N5C(=O)[C@H](O)C(C)C)n4)cc3)cc2)c[nH]1. The van der Waals surface area contributed by atoms with Gasteiger partial charge < -0.3 is 30.0 Å². The normalized spacial score (nSPS) is 22.5. The van der Waals surface area contributed by atoms with E-state index in [9.17, 15) is 19.8 Å². The molecule has 10 heteroatoms. The van der Waals surface area contributed by atoms with Crippen molar-refractivity contribution in [2.45, 2.75) is 104 Å². The Labute approximate surface area is 282 Å². The quantitative estimate of drug-likeness (QED) is 0.168. The number of nitrogens with zero attached hydrogens (tertiary/aromatic N) is 4. The van der Waals surface area contributed by atoms with Gasteiger partial charge in [0.25, 0.3) is 11.8 Å². The number of carbonyl (C=O) groups excluding carboxylic acids is 2. The molecular formula is C38H48N6O4. The molecule has 2 aromatic heterocycles. The Morgan fingerprint density at radius 2 is 0.958 bits per heavy atom. The topological polar surface area (TPSA) is 138 Å². The number of aromatic amines is 2. The number of hydrogen-bond acceptors (Lipinski definition) is 6. The number of aromatic nitrogens is 4. The highest BCUT2D eigenvalue weighted by Crippen LogP contribution is 2.38. The maximum Gasteiger partial charge on any atom is 0.252 e. The van der Waals surface area contributed by atoms with Crippen molar-refractivity contribution in [3.63, 3.8) is 0 Å². The monoisotopic (exact) mass is 652 g/mol. The molecule has 0 saturated carbocycles. The molecule has 2 fully saturated rings. The van der Waals surface area contributed by atoms with Gasteiger partial charge in [0.1, 0.15) is 23.9 Å². The van der Waals surface area contributed by atoms with Crippen molar-refractivity contribution in [1.82, 2.24) is 29.7 Å². The van der Waals surface area contributed by atoms with Gasteiger partial charge in [0, 0.05) is 35.6 Å². The van der Waals surface area contributed by atoms with Crippen LogP contribution >= 0.6 is 0 Å². The Morgan fingerprint density at radius 3 is 1.29 bits per heavy atom. The van der Waals surface area contributed by atoms with Crippen LogP contribution < -0.4 is 0 Å². The maximum atomic E-state index is 13.1. The minimum atomic E-state index is -1.02. The number of aliphatic hydroxyl groups is 2. The number of imidazole rings is 2. The van der Waals surface area contributed by atoms with Crippen LogP contribution in [0.4, 0.5) is 0 Å². The standard InChI is InChI=1S/C38H48N6O4/c1-21(2)33(45)37(47)43-23(5)7-17-31(43)35-39-19-29(41-35)27-13-9-25(10-14-27)26-11-15-28(16-12-26)30-20-40-36(42-30)32-18-8-24(6)44(32)38(48)34(46)22(3)4/h9-16,19-24,31-34,45-46H,7-8,17-18H2,1-6H3,(H,39,41)(H,40,42)/t23-,24-,31-,32-,33-,34+/m0/s1. The third-order valence-electron chi connectivity index (χ3n) is 10.1. The maximum absolute atomic E-state index is 13.1. The fourth-order valence-electron chi connectivity index (χ4n) is 7.10. The summed E-state index contributed by atoms with van der Waals surface area (Å²) in [5, 5.41) is 20.9. The molecule has 6 atom stereocenters. The molecule has 0 radical (unpaired) electrons. The second-order valence-corrected chi connectivity index (χ2v) is 14.2. The van der Waals surface area contributed by atoms with Crippen molar-refractivity contribution < 1.29 is 19.8 Å². The molecule has 0 unspecified atom stereocenters. The first-order valence-electron chi connectivity index (χ1n) is 17.3. The van der Waals surface area contributed by atoms with Gasteiger partial charge in [-0.3, -0.25) is 9.59 Å². The Hall–Kier alpha value is -4.28. The minimum absolute atomic E-state index is 0.0481. The first-order chi connectivity index (χ1) is 22.9. The molecule has 2 saturated heterocycles. The van der Waals surface area contributed by atoms with Crippen molar-refractivity contribution in [2.24, 2.45) is 11.8 Å². The summed E-state index contributed by atoms with van der Waals surface area (Å²) in [6.45, 7) is 11.5. The summed E-state index contributed by atoms with van der Waals surface area (Å²) < 4.78 is 0. The van der Waals surface area contributed by atoms with Crippen LogP contribution in [0.15, 0.2) is 60.9 Å². The van der Waals surface area contributed by atoms with Crippen LogP contribution in [0.1, 0.15) is 91.0 Å². The number of nitrogens with one attached hydrogen (secondary N) is 2. The molecule has 10 nitrogen and oxygen atoms in total. The zero-order valence-electron chi connectivity index (χ0n) is 28.7. The lowest BCUT2D eigenvalue weighted by Crippen LogP contribution is -2.44. The van der Waals surface area contributed by atoms with Crippen molar-refractivity contribution in [3.05, 3.63) is 72.6 Å². The van der Waals surface area contributed by atoms with E-state index < -0.39 is 12.2 Å². The Bertz CT molecular complexity index is 1600. The molecular weight excluding hydrogens is 604 g/mol. The molecule has 0 spiro atoms. The summed E-state index contributed by atoms with van der Waals surface area (Å²) in [6, 6.07) is 16.3. The molecule has 2 amide bonds. The largest absolute Gasteiger partial charge is 0.383 e. The number of carbonyl (C=O) groups is 2. The van der Waals surface area contributed by atoms with Gasteiger partial charge in [-0.05, 0) is 62.5 Å². The fourth-order valence-corrected chi connectivity index (χ4v) is 7.10. The molecule has 2 aromatic carbocycles. The molecule has 4 heterocycles. The number of aliphatic hydroxyl groups excluding tert-OH is 2. The number of H-pyrrole nitrogens is 2. The van der Waals surface area contributed by atoms with Gasteiger partial charge in [-0.2, -0.15) is 0 Å². The predicted molar refractivity (Wildman–Crippen MR) is 185 cm³/mol. The van der Waals surface area contributed by atoms with Crippen LogP contribution in [0.25, 0.3) is 33.6 Å². The molecule has 48 heavy (non-hydrogen) atoms. The Kier molecular flexibility index (Phi) is 9.58. The van der Waals surface area contributed by atoms with Gasteiger partial charge in [-0.1, -0.05) is 76.2 Å². The van der Waals surface area contributed by atoms with E-state index in [4.69, 9.17) is 9.97 Å². The number of benzene rings is 2. The highest BCUT2D eigenvalue weighted by Gasteiger charge is 2.41. The van der Waals surface area contributed by atoms with Gasteiger partial charge in [-0.15, -0.1) is 0 Å². The summed E-state index contributed by atoms with van der Waals surface area (Å²) >= 11 is 0. The molecule has 0 aliphatic carbocycles. The zero-order chi connectivity index (χ0) is 34.3. The second kappa shape index (κ2) is 13.7. The predicted octanol–water partition coefficient (Wildman–Crippen LogP) is 6.27.